The van der Waals surface area contributed by atoms with Crippen LogP contribution in [0.1, 0.15) is 29.1 Å². The number of nitrogens with one attached hydrogen (secondary N) is 1. The van der Waals surface area contributed by atoms with E-state index in [4.69, 9.17) is 20.2 Å². The number of amides is 1. The predicted molar refractivity (Wildman–Crippen MR) is 125 cm³/mol. The van der Waals surface area contributed by atoms with Gasteiger partial charge in [-0.2, -0.15) is 0 Å². The number of thiazole rings is 1. The summed E-state index contributed by atoms with van der Waals surface area (Å²) in [5, 5.41) is 5.71. The smallest absolute Gasteiger partial charge is 0.338 e. The number of esters is 1. The molecule has 9 nitrogen and oxygen atoms in total. The van der Waals surface area contributed by atoms with E-state index < -0.39 is 24.0 Å². The molecule has 1 amide bonds. The normalized spacial score (nSPS) is 21.1. The van der Waals surface area contributed by atoms with E-state index in [1.165, 1.54) is 23.5 Å². The topological polar surface area (TPSA) is 119 Å². The maximum atomic E-state index is 13.9. The monoisotopic (exact) mass is 487 g/mol. The highest BCUT2D eigenvalue weighted by atomic mass is 32.1. The van der Waals surface area contributed by atoms with Crippen molar-refractivity contribution in [2.24, 2.45) is 10.7 Å². The number of ether oxygens (including phenoxy) is 2. The first kappa shape index (κ1) is 24.0. The zero-order chi connectivity index (χ0) is 24.2. The highest BCUT2D eigenvalue weighted by Gasteiger charge is 2.36. The fraction of sp³-hybridized carbons (Fsp3) is 0.391. The second-order valence-corrected chi connectivity index (χ2v) is 8.81. The number of nitrogens with two attached hydrogens (primary N) is 1. The van der Waals surface area contributed by atoms with Gasteiger partial charge in [-0.05, 0) is 37.1 Å². The number of aliphatic imine (C=N–C) groups is 1. The molecule has 180 valence electrons. The third-order valence-corrected chi connectivity index (χ3v) is 6.49. The van der Waals surface area contributed by atoms with Gasteiger partial charge in [0.05, 0.1) is 25.4 Å². The molecule has 1 fully saturated rings. The standard InChI is InChI=1S/C23H26FN5O4S/c1-3-33-23(31)18-16(11-29-7-8-32-12-17(29)20(25)30)27-21(22-26-6-9-34-22)28-19(18)15-5-4-14(24)10-13(15)2/h4-6,9-10,17,19H,3,7-8,11-12H2,1-2H3,(H2,25,30)(H,27,28). The van der Waals surface area contributed by atoms with E-state index >= 15 is 0 Å². The maximum Gasteiger partial charge on any atom is 0.338 e. The lowest BCUT2D eigenvalue weighted by Gasteiger charge is -2.36. The molecule has 3 heterocycles. The van der Waals surface area contributed by atoms with Crippen LogP contribution >= 0.6 is 11.3 Å². The second-order valence-electron chi connectivity index (χ2n) is 7.92. The van der Waals surface area contributed by atoms with Crippen molar-refractivity contribution in [3.05, 3.63) is 63.0 Å². The first-order valence-electron chi connectivity index (χ1n) is 10.9. The summed E-state index contributed by atoms with van der Waals surface area (Å²) >= 11 is 1.40. The van der Waals surface area contributed by atoms with Crippen LogP contribution in [0, 0.1) is 12.7 Å². The van der Waals surface area contributed by atoms with E-state index in [1.807, 2.05) is 10.3 Å². The molecule has 1 aromatic heterocycles. The van der Waals surface area contributed by atoms with Crippen molar-refractivity contribution < 1.29 is 23.5 Å². The van der Waals surface area contributed by atoms with Crippen molar-refractivity contribution in [1.82, 2.24) is 15.2 Å². The third-order valence-electron chi connectivity index (χ3n) is 5.71. The molecule has 1 aromatic carbocycles. The van der Waals surface area contributed by atoms with Crippen LogP contribution in [-0.2, 0) is 19.1 Å². The van der Waals surface area contributed by atoms with Crippen LogP contribution in [0.2, 0.25) is 0 Å². The molecular weight excluding hydrogens is 461 g/mol. The minimum atomic E-state index is -0.747. The summed E-state index contributed by atoms with van der Waals surface area (Å²) in [7, 11) is 0. The molecule has 0 spiro atoms. The zero-order valence-electron chi connectivity index (χ0n) is 18.9. The van der Waals surface area contributed by atoms with Gasteiger partial charge >= 0.3 is 5.97 Å². The Labute approximate surface area is 200 Å². The molecule has 2 aliphatic rings. The van der Waals surface area contributed by atoms with Gasteiger partial charge < -0.3 is 20.5 Å². The lowest BCUT2D eigenvalue weighted by molar-refractivity contribution is -0.139. The Bertz CT molecular complexity index is 1130. The van der Waals surface area contributed by atoms with Crippen molar-refractivity contribution >= 4 is 29.0 Å². The van der Waals surface area contributed by atoms with Crippen LogP contribution in [0.25, 0.3) is 0 Å². The van der Waals surface area contributed by atoms with Gasteiger partial charge in [0, 0.05) is 30.4 Å². The molecule has 11 heteroatoms. The van der Waals surface area contributed by atoms with Crippen molar-refractivity contribution in [3.8, 4) is 0 Å². The van der Waals surface area contributed by atoms with Crippen LogP contribution in [-0.4, -0.2) is 66.5 Å². The molecule has 4 rings (SSSR count). The fourth-order valence-electron chi connectivity index (χ4n) is 4.08. The number of aryl methyl sites for hydroxylation is 1. The number of amidine groups is 1. The molecule has 2 unspecified atom stereocenters. The number of morpholine rings is 1. The molecule has 0 saturated carbocycles. The van der Waals surface area contributed by atoms with Gasteiger partial charge in [-0.15, -0.1) is 11.3 Å². The number of halogens is 1. The Morgan fingerprint density at radius 3 is 2.91 bits per heavy atom. The highest BCUT2D eigenvalue weighted by Crippen LogP contribution is 2.35. The van der Waals surface area contributed by atoms with E-state index in [0.29, 0.717) is 46.4 Å². The molecule has 2 aliphatic heterocycles. The zero-order valence-corrected chi connectivity index (χ0v) is 19.7. The number of carbonyl (C=O) groups excluding carboxylic acids is 2. The first-order chi connectivity index (χ1) is 16.4. The van der Waals surface area contributed by atoms with Crippen molar-refractivity contribution in [3.63, 3.8) is 0 Å². The first-order valence-corrected chi connectivity index (χ1v) is 11.8. The summed E-state index contributed by atoms with van der Waals surface area (Å²) in [5.41, 5.74) is 7.75. The van der Waals surface area contributed by atoms with Crippen LogP contribution in [0.15, 0.2) is 46.0 Å². The van der Waals surface area contributed by atoms with Crippen molar-refractivity contribution in [2.45, 2.75) is 25.9 Å². The van der Waals surface area contributed by atoms with Crippen molar-refractivity contribution in [2.75, 3.05) is 32.9 Å². The van der Waals surface area contributed by atoms with E-state index in [1.54, 1.807) is 26.1 Å². The number of nitrogens with zero attached hydrogens (tertiary/aromatic N) is 3. The summed E-state index contributed by atoms with van der Waals surface area (Å²) in [6, 6.07) is 2.99. The largest absolute Gasteiger partial charge is 0.463 e. The average molecular weight is 488 g/mol. The summed E-state index contributed by atoms with van der Waals surface area (Å²) in [6.45, 7) is 4.94. The molecule has 0 bridgehead atoms. The van der Waals surface area contributed by atoms with Gasteiger partial charge in [0.25, 0.3) is 0 Å². The maximum absolute atomic E-state index is 13.9. The number of carbonyl (C=O) groups is 2. The van der Waals surface area contributed by atoms with Gasteiger partial charge in [0.15, 0.2) is 10.8 Å². The van der Waals surface area contributed by atoms with Gasteiger partial charge in [-0.3, -0.25) is 14.7 Å². The molecule has 0 aliphatic carbocycles. The van der Waals surface area contributed by atoms with Gasteiger partial charge in [-0.1, -0.05) is 6.07 Å². The van der Waals surface area contributed by atoms with Crippen LogP contribution in [0.5, 0.6) is 0 Å². The van der Waals surface area contributed by atoms with E-state index in [2.05, 4.69) is 10.3 Å². The number of aromatic nitrogens is 1. The highest BCUT2D eigenvalue weighted by molar-refractivity contribution is 7.11. The van der Waals surface area contributed by atoms with Gasteiger partial charge in [0.2, 0.25) is 5.91 Å². The Balaban J connectivity index is 1.83. The predicted octanol–water partition coefficient (Wildman–Crippen LogP) is 1.69. The molecule has 1 saturated heterocycles. The Hall–Kier alpha value is -3.15. The number of benzene rings is 1. The van der Waals surface area contributed by atoms with Gasteiger partial charge in [-0.25, -0.2) is 14.2 Å². The minimum absolute atomic E-state index is 0.172. The average Bonchev–Trinajstić information content (AvgIpc) is 3.34. The van der Waals surface area contributed by atoms with Crippen molar-refractivity contribution in [1.29, 1.82) is 0 Å². The van der Waals surface area contributed by atoms with Crippen LogP contribution in [0.4, 0.5) is 4.39 Å². The van der Waals surface area contributed by atoms with E-state index in [0.717, 1.165) is 0 Å². The molecule has 2 atom stereocenters. The summed E-state index contributed by atoms with van der Waals surface area (Å²) < 4.78 is 24.7. The fourth-order valence-corrected chi connectivity index (χ4v) is 4.67. The summed E-state index contributed by atoms with van der Waals surface area (Å²) in [6.07, 6.45) is 1.66. The molecular formula is C23H26FN5O4S. The summed E-state index contributed by atoms with van der Waals surface area (Å²) in [5.74, 6) is -0.937. The Morgan fingerprint density at radius 2 is 2.24 bits per heavy atom. The molecule has 2 aromatic rings. The third kappa shape index (κ3) is 5.01. The quantitative estimate of drug-likeness (QED) is 0.571. The minimum Gasteiger partial charge on any atom is -0.463 e. The lowest BCUT2D eigenvalue weighted by Crippen LogP contribution is -2.54. The number of primary amides is 1. The van der Waals surface area contributed by atoms with E-state index in [9.17, 15) is 14.0 Å². The van der Waals surface area contributed by atoms with Crippen LogP contribution in [0.3, 0.4) is 0 Å². The van der Waals surface area contributed by atoms with Gasteiger partial charge in [0.1, 0.15) is 17.9 Å². The number of rotatable bonds is 7. The van der Waals surface area contributed by atoms with Crippen LogP contribution < -0.4 is 11.1 Å². The SMILES string of the molecule is CCOC(=O)C1=C(CN2CCOCC2C(N)=O)NC(c2nccs2)=NC1c1ccc(F)cc1C. The number of hydrogen-bond acceptors (Lipinski definition) is 9. The molecule has 0 radical (unpaired) electrons. The number of hydrogen-bond donors (Lipinski definition) is 2. The Morgan fingerprint density at radius 1 is 1.41 bits per heavy atom. The Kier molecular flexibility index (Phi) is 7.35. The molecule has 34 heavy (non-hydrogen) atoms. The molecule has 3 N–H and O–H groups in total. The lowest BCUT2D eigenvalue weighted by atomic mass is 9.92. The summed E-state index contributed by atoms with van der Waals surface area (Å²) in [4.78, 5) is 36.3. The van der Waals surface area contributed by atoms with E-state index in [-0.39, 0.29) is 25.6 Å². The second kappa shape index (κ2) is 10.4.